The molecule has 1 fully saturated rings. The average Bonchev–Trinajstić information content (AvgIpc) is 3.29. The van der Waals surface area contributed by atoms with Crippen LogP contribution in [0.4, 0.5) is 0 Å². The van der Waals surface area contributed by atoms with E-state index in [4.69, 9.17) is 33.2 Å². The Balaban J connectivity index is 1.27. The molecular formula is C48H62N2O10. The number of benzene rings is 3. The molecule has 324 valence electrons. The molecule has 0 unspecified atom stereocenters. The number of rotatable bonds is 15. The number of fused-ring (bicyclic) bond motifs is 4. The first-order valence-corrected chi connectivity index (χ1v) is 21.5. The maximum atomic E-state index is 15.3. The van der Waals surface area contributed by atoms with E-state index in [0.717, 1.165) is 67.0 Å². The second kappa shape index (κ2) is 19.3. The second-order valence-electron chi connectivity index (χ2n) is 16.4. The zero-order valence-corrected chi connectivity index (χ0v) is 36.2. The standard InChI is InChI=1S/C48H62N2O10/c1-8-29-28-49-18-16-32-23-41(54-3)43(56-5)26-37(32)39(49)21-34(29)22-40-38-27-44(57-6)42(55-4)24-33(38)17-19-50(40)46(52)45-25-36(30-12-14-31(15-13-30)47(53)58-7)35(11-10-20-51)48(60-45)59-9-2/h12-15,23-27,29,34-36,39-40,48,51H,8-11,16-22,28H2,1-7H3/t29-,34+,35-,36-,39-,40+,48-/m0/s1. The topological polar surface area (TPSA) is 125 Å². The molecule has 12 heteroatoms. The van der Waals surface area contributed by atoms with Crippen molar-refractivity contribution in [2.24, 2.45) is 17.8 Å². The molecule has 12 nitrogen and oxygen atoms in total. The van der Waals surface area contributed by atoms with Crippen molar-refractivity contribution in [1.82, 2.24) is 9.80 Å². The van der Waals surface area contributed by atoms with Crippen LogP contribution in [0.5, 0.6) is 23.0 Å². The minimum absolute atomic E-state index is 0.0216. The SMILES string of the molecule is CCO[C@H]1OC(C(=O)N2CCc3cc(OC)c(OC)cc3[C@H]2C[C@H]2C[C@H]3c4cc(OC)c(OC)cc4CCN3C[C@@H]2CC)=C[C@@H](c2ccc(C(=O)OC)cc2)[C@@H]1CCCO. The number of ether oxygens (including phenoxy) is 7. The van der Waals surface area contributed by atoms with E-state index >= 15 is 4.79 Å². The molecule has 3 aromatic rings. The number of methoxy groups -OCH3 is 5. The van der Waals surface area contributed by atoms with Gasteiger partial charge < -0.3 is 43.2 Å². The Hall–Kier alpha value is -4.78. The van der Waals surface area contributed by atoms with Gasteiger partial charge in [0.2, 0.25) is 6.29 Å². The Bertz CT molecular complexity index is 2020. The van der Waals surface area contributed by atoms with Crippen molar-refractivity contribution in [3.8, 4) is 23.0 Å². The molecule has 7 atom stereocenters. The number of hydrogen-bond acceptors (Lipinski definition) is 11. The van der Waals surface area contributed by atoms with Gasteiger partial charge in [-0.1, -0.05) is 25.5 Å². The molecule has 4 aliphatic heterocycles. The highest BCUT2D eigenvalue weighted by Gasteiger charge is 2.45. The minimum Gasteiger partial charge on any atom is -0.493 e. The summed E-state index contributed by atoms with van der Waals surface area (Å²) in [5.41, 5.74) is 6.16. The lowest BCUT2D eigenvalue weighted by atomic mass is 9.72. The van der Waals surface area contributed by atoms with Gasteiger partial charge in [-0.15, -0.1) is 0 Å². The Kier molecular flexibility index (Phi) is 13.9. The fraction of sp³-hybridized carbons (Fsp3) is 0.542. The lowest BCUT2D eigenvalue weighted by molar-refractivity contribution is -0.171. The van der Waals surface area contributed by atoms with Crippen LogP contribution in [0, 0.1) is 17.8 Å². The van der Waals surface area contributed by atoms with Crippen molar-refractivity contribution in [3.05, 3.63) is 93.7 Å². The van der Waals surface area contributed by atoms with Crippen molar-refractivity contribution in [2.75, 3.05) is 68.4 Å². The summed E-state index contributed by atoms with van der Waals surface area (Å²) in [6.45, 7) is 7.08. The molecule has 0 aromatic heterocycles. The minimum atomic E-state index is -0.716. The predicted molar refractivity (Wildman–Crippen MR) is 227 cm³/mol. The maximum absolute atomic E-state index is 15.3. The molecule has 7 rings (SSSR count). The fourth-order valence-electron chi connectivity index (χ4n) is 10.3. The van der Waals surface area contributed by atoms with Gasteiger partial charge in [0.15, 0.2) is 28.8 Å². The molecule has 0 radical (unpaired) electrons. The Labute approximate surface area is 354 Å². The molecule has 1 N–H and O–H groups in total. The van der Waals surface area contributed by atoms with Gasteiger partial charge in [-0.3, -0.25) is 9.69 Å². The van der Waals surface area contributed by atoms with Crippen LogP contribution >= 0.6 is 0 Å². The van der Waals surface area contributed by atoms with Crippen molar-refractivity contribution in [1.29, 1.82) is 0 Å². The summed E-state index contributed by atoms with van der Waals surface area (Å²) in [4.78, 5) is 32.3. The van der Waals surface area contributed by atoms with Crippen LogP contribution < -0.4 is 18.9 Å². The zero-order valence-electron chi connectivity index (χ0n) is 36.2. The summed E-state index contributed by atoms with van der Waals surface area (Å²) < 4.78 is 40.9. The normalized spacial score (nSPS) is 24.8. The smallest absolute Gasteiger partial charge is 0.337 e. The first kappa shape index (κ1) is 43.3. The van der Waals surface area contributed by atoms with E-state index in [9.17, 15) is 9.90 Å². The Morgan fingerprint density at radius 2 is 1.45 bits per heavy atom. The van der Waals surface area contributed by atoms with Crippen molar-refractivity contribution in [2.45, 2.75) is 83.1 Å². The number of esters is 1. The van der Waals surface area contributed by atoms with Crippen molar-refractivity contribution < 1.29 is 47.9 Å². The second-order valence-corrected chi connectivity index (χ2v) is 16.4. The van der Waals surface area contributed by atoms with E-state index in [0.29, 0.717) is 61.3 Å². The highest BCUT2D eigenvalue weighted by molar-refractivity contribution is 5.92. The zero-order chi connectivity index (χ0) is 42.5. The van der Waals surface area contributed by atoms with Gasteiger partial charge >= 0.3 is 5.97 Å². The molecule has 4 heterocycles. The van der Waals surface area contributed by atoms with Crippen LogP contribution in [0.25, 0.3) is 0 Å². The number of amides is 1. The number of piperidine rings is 1. The molecule has 0 spiro atoms. The van der Waals surface area contributed by atoms with E-state index in [1.165, 1.54) is 18.2 Å². The first-order valence-electron chi connectivity index (χ1n) is 21.5. The van der Waals surface area contributed by atoms with Gasteiger partial charge in [0.25, 0.3) is 5.91 Å². The number of aliphatic hydroxyl groups is 1. The maximum Gasteiger partial charge on any atom is 0.337 e. The predicted octanol–water partition coefficient (Wildman–Crippen LogP) is 7.42. The molecule has 3 aromatic carbocycles. The van der Waals surface area contributed by atoms with Gasteiger partial charge in [0.05, 0.1) is 47.2 Å². The summed E-state index contributed by atoms with van der Waals surface area (Å²) in [6.07, 6.45) is 6.72. The van der Waals surface area contributed by atoms with Crippen LogP contribution in [-0.4, -0.2) is 101 Å². The van der Waals surface area contributed by atoms with Gasteiger partial charge in [0, 0.05) is 50.7 Å². The number of hydrogen-bond donors (Lipinski definition) is 1. The van der Waals surface area contributed by atoms with Crippen LogP contribution in [0.15, 0.2) is 60.4 Å². The summed E-state index contributed by atoms with van der Waals surface area (Å²) in [5.74, 6) is 2.72. The Morgan fingerprint density at radius 1 is 0.817 bits per heavy atom. The molecule has 1 saturated heterocycles. The number of aliphatic hydroxyl groups excluding tert-OH is 1. The fourth-order valence-corrected chi connectivity index (χ4v) is 10.3. The monoisotopic (exact) mass is 826 g/mol. The van der Waals surface area contributed by atoms with E-state index in [1.54, 1.807) is 40.6 Å². The van der Waals surface area contributed by atoms with Crippen LogP contribution in [0.3, 0.4) is 0 Å². The molecule has 0 aliphatic carbocycles. The number of allylic oxidation sites excluding steroid dienone is 1. The summed E-state index contributed by atoms with van der Waals surface area (Å²) in [6, 6.07) is 15.7. The highest BCUT2D eigenvalue weighted by atomic mass is 16.7. The molecule has 0 bridgehead atoms. The summed E-state index contributed by atoms with van der Waals surface area (Å²) in [7, 11) is 8.05. The number of carbonyl (C=O) groups excluding carboxylic acids is 2. The Morgan fingerprint density at radius 3 is 2.07 bits per heavy atom. The average molecular weight is 827 g/mol. The third-order valence-corrected chi connectivity index (χ3v) is 13.4. The molecular weight excluding hydrogens is 765 g/mol. The summed E-state index contributed by atoms with van der Waals surface area (Å²) >= 11 is 0. The van der Waals surface area contributed by atoms with Crippen LogP contribution in [0.2, 0.25) is 0 Å². The molecule has 60 heavy (non-hydrogen) atoms. The van der Waals surface area contributed by atoms with E-state index in [-0.39, 0.29) is 42.2 Å². The van der Waals surface area contributed by atoms with Crippen LogP contribution in [-0.2, 0) is 31.8 Å². The molecule has 4 aliphatic rings. The lowest BCUT2D eigenvalue weighted by Crippen LogP contribution is -2.48. The third-order valence-electron chi connectivity index (χ3n) is 13.4. The van der Waals surface area contributed by atoms with E-state index in [1.807, 2.05) is 30.0 Å². The summed E-state index contributed by atoms with van der Waals surface area (Å²) in [5, 5.41) is 9.87. The van der Waals surface area contributed by atoms with E-state index in [2.05, 4.69) is 36.1 Å². The highest BCUT2D eigenvalue weighted by Crippen LogP contribution is 2.50. The van der Waals surface area contributed by atoms with Gasteiger partial charge in [-0.25, -0.2) is 4.79 Å². The van der Waals surface area contributed by atoms with Crippen molar-refractivity contribution in [3.63, 3.8) is 0 Å². The third kappa shape index (κ3) is 8.56. The van der Waals surface area contributed by atoms with E-state index < -0.39 is 12.3 Å². The molecule has 1 amide bonds. The van der Waals surface area contributed by atoms with Gasteiger partial charge in [-0.2, -0.15) is 0 Å². The first-order chi connectivity index (χ1) is 29.2. The van der Waals surface area contributed by atoms with Crippen molar-refractivity contribution >= 4 is 11.9 Å². The largest absolute Gasteiger partial charge is 0.493 e. The molecule has 0 saturated carbocycles. The van der Waals surface area contributed by atoms with Gasteiger partial charge in [0.1, 0.15) is 0 Å². The number of nitrogens with zero attached hydrogens (tertiary/aromatic N) is 2. The van der Waals surface area contributed by atoms with Crippen LogP contribution in [0.1, 0.15) is 102 Å². The number of carbonyl (C=O) groups is 2. The quantitative estimate of drug-likeness (QED) is 0.154. The van der Waals surface area contributed by atoms with Gasteiger partial charge in [-0.05, 0) is 128 Å². The lowest BCUT2D eigenvalue weighted by Gasteiger charge is -2.49.